The lowest BCUT2D eigenvalue weighted by Gasteiger charge is -2.17. The van der Waals surface area contributed by atoms with E-state index < -0.39 is 0 Å². The van der Waals surface area contributed by atoms with Gasteiger partial charge in [0.2, 0.25) is 5.91 Å². The fourth-order valence-electron chi connectivity index (χ4n) is 3.89. The van der Waals surface area contributed by atoms with Crippen LogP contribution in [0.3, 0.4) is 0 Å². The highest BCUT2D eigenvalue weighted by Gasteiger charge is 2.31. The molecule has 2 heterocycles. The van der Waals surface area contributed by atoms with Crippen molar-refractivity contribution < 1.29 is 19.4 Å². The maximum absolute atomic E-state index is 12.2. The Balaban J connectivity index is 0.000000913. The molecule has 7 heteroatoms. The standard InChI is InChI=1S/C24H27N3O2.CH2O2/c1-2-14-26-18-21(17-23(26)28)27-15-13-25-24(27)20-8-10-22(11-9-20)29-16-12-19-6-4-3-5-7-19;2-1-3/h3-11,13,15,21H,2,12,14,16-18H2,1H3;1H,(H,2,3). The van der Waals surface area contributed by atoms with Crippen LogP contribution >= 0.6 is 0 Å². The molecule has 0 radical (unpaired) electrons. The Labute approximate surface area is 188 Å². The first kappa shape index (κ1) is 23.1. The Morgan fingerprint density at radius 1 is 1.16 bits per heavy atom. The van der Waals surface area contributed by atoms with Crippen molar-refractivity contribution in [3.63, 3.8) is 0 Å². The molecule has 0 bridgehead atoms. The number of likely N-dealkylation sites (tertiary alicyclic amines) is 1. The Kier molecular flexibility index (Phi) is 8.43. The normalized spacial score (nSPS) is 15.2. The van der Waals surface area contributed by atoms with E-state index in [1.54, 1.807) is 0 Å². The second kappa shape index (κ2) is 11.7. The van der Waals surface area contributed by atoms with Crippen molar-refractivity contribution in [3.05, 3.63) is 72.6 Å². The zero-order valence-electron chi connectivity index (χ0n) is 18.3. The van der Waals surface area contributed by atoms with Crippen molar-refractivity contribution >= 4 is 12.4 Å². The third-order valence-corrected chi connectivity index (χ3v) is 5.36. The van der Waals surface area contributed by atoms with E-state index in [1.165, 1.54) is 5.56 Å². The number of nitrogens with zero attached hydrogens (tertiary/aromatic N) is 3. The highest BCUT2D eigenvalue weighted by Crippen LogP contribution is 2.29. The van der Waals surface area contributed by atoms with Gasteiger partial charge >= 0.3 is 0 Å². The summed E-state index contributed by atoms with van der Waals surface area (Å²) in [7, 11) is 0. The number of carbonyl (C=O) groups is 2. The van der Waals surface area contributed by atoms with E-state index in [4.69, 9.17) is 14.6 Å². The summed E-state index contributed by atoms with van der Waals surface area (Å²) in [6.45, 7) is 4.09. The Bertz CT molecular complexity index is 986. The molecule has 0 spiro atoms. The van der Waals surface area contributed by atoms with Crippen LogP contribution in [0.25, 0.3) is 11.4 Å². The number of amides is 1. The monoisotopic (exact) mass is 435 g/mol. The smallest absolute Gasteiger partial charge is 0.290 e. The number of ether oxygens (including phenoxy) is 1. The fraction of sp³-hybridized carbons (Fsp3) is 0.320. The zero-order valence-corrected chi connectivity index (χ0v) is 18.3. The van der Waals surface area contributed by atoms with Gasteiger partial charge in [-0.15, -0.1) is 0 Å². The van der Waals surface area contributed by atoms with Crippen LogP contribution < -0.4 is 4.74 Å². The van der Waals surface area contributed by atoms with Gasteiger partial charge in [0.1, 0.15) is 11.6 Å². The largest absolute Gasteiger partial charge is 0.493 e. The molecule has 0 saturated carbocycles. The van der Waals surface area contributed by atoms with Gasteiger partial charge in [0.15, 0.2) is 0 Å². The summed E-state index contributed by atoms with van der Waals surface area (Å²) in [6.07, 6.45) is 6.21. The SMILES string of the molecule is CCCN1CC(n2ccnc2-c2ccc(OCCc3ccccc3)cc2)CC1=O.O=CO. The van der Waals surface area contributed by atoms with E-state index in [0.717, 1.165) is 43.1 Å². The lowest BCUT2D eigenvalue weighted by atomic mass is 10.1. The Morgan fingerprint density at radius 3 is 2.56 bits per heavy atom. The van der Waals surface area contributed by atoms with Crippen molar-refractivity contribution in [1.29, 1.82) is 0 Å². The average molecular weight is 436 g/mol. The summed E-state index contributed by atoms with van der Waals surface area (Å²) >= 11 is 0. The van der Waals surface area contributed by atoms with E-state index in [0.29, 0.717) is 13.0 Å². The predicted molar refractivity (Wildman–Crippen MR) is 123 cm³/mol. The number of carboxylic acid groups (broad SMARTS) is 1. The molecule has 1 amide bonds. The molecule has 3 aromatic rings. The minimum Gasteiger partial charge on any atom is -0.493 e. The summed E-state index contributed by atoms with van der Waals surface area (Å²) in [4.78, 5) is 27.1. The number of hydrogen-bond donors (Lipinski definition) is 1. The molecule has 2 aromatic carbocycles. The number of hydrogen-bond acceptors (Lipinski definition) is 4. The van der Waals surface area contributed by atoms with Crippen LogP contribution in [0.15, 0.2) is 67.0 Å². The fourth-order valence-corrected chi connectivity index (χ4v) is 3.89. The van der Waals surface area contributed by atoms with Crippen molar-refractivity contribution in [3.8, 4) is 17.1 Å². The summed E-state index contributed by atoms with van der Waals surface area (Å²) in [5.41, 5.74) is 2.31. The van der Waals surface area contributed by atoms with Crippen molar-refractivity contribution in [2.75, 3.05) is 19.7 Å². The highest BCUT2D eigenvalue weighted by atomic mass is 16.5. The highest BCUT2D eigenvalue weighted by molar-refractivity contribution is 5.79. The number of carbonyl (C=O) groups excluding carboxylic acids is 1. The van der Waals surface area contributed by atoms with Gasteiger partial charge in [-0.05, 0) is 36.2 Å². The van der Waals surface area contributed by atoms with Gasteiger partial charge in [-0.2, -0.15) is 0 Å². The van der Waals surface area contributed by atoms with E-state index in [2.05, 4.69) is 28.6 Å². The minimum atomic E-state index is -0.250. The number of aromatic nitrogens is 2. The molecule has 4 rings (SSSR count). The van der Waals surface area contributed by atoms with Gasteiger partial charge in [-0.3, -0.25) is 9.59 Å². The van der Waals surface area contributed by atoms with Crippen LogP contribution in [0.5, 0.6) is 5.75 Å². The Morgan fingerprint density at radius 2 is 1.88 bits per heavy atom. The first-order chi connectivity index (χ1) is 15.7. The first-order valence-electron chi connectivity index (χ1n) is 10.8. The molecule has 1 aromatic heterocycles. The predicted octanol–water partition coefficient (Wildman–Crippen LogP) is 4.06. The molecule has 1 N–H and O–H groups in total. The third kappa shape index (κ3) is 5.97. The molecule has 1 fully saturated rings. The second-order valence-electron chi connectivity index (χ2n) is 7.57. The topological polar surface area (TPSA) is 84.7 Å². The lowest BCUT2D eigenvalue weighted by molar-refractivity contribution is -0.127. The van der Waals surface area contributed by atoms with Gasteiger partial charge in [0.25, 0.3) is 6.47 Å². The van der Waals surface area contributed by atoms with Gasteiger partial charge in [-0.25, -0.2) is 4.98 Å². The molecule has 7 nitrogen and oxygen atoms in total. The zero-order chi connectivity index (χ0) is 22.8. The molecule has 1 aliphatic rings. The van der Waals surface area contributed by atoms with E-state index in [9.17, 15) is 4.79 Å². The second-order valence-corrected chi connectivity index (χ2v) is 7.57. The van der Waals surface area contributed by atoms with E-state index in [1.807, 2.05) is 59.8 Å². The van der Waals surface area contributed by atoms with Gasteiger partial charge < -0.3 is 19.3 Å². The summed E-state index contributed by atoms with van der Waals surface area (Å²) < 4.78 is 8.03. The van der Waals surface area contributed by atoms with Crippen molar-refractivity contribution in [1.82, 2.24) is 14.5 Å². The van der Waals surface area contributed by atoms with Gasteiger partial charge in [0, 0.05) is 43.9 Å². The maximum Gasteiger partial charge on any atom is 0.290 e. The molecule has 168 valence electrons. The van der Waals surface area contributed by atoms with Crippen LogP contribution in [0.1, 0.15) is 31.4 Å². The van der Waals surface area contributed by atoms with E-state index in [-0.39, 0.29) is 18.4 Å². The van der Waals surface area contributed by atoms with Crippen molar-refractivity contribution in [2.24, 2.45) is 0 Å². The maximum atomic E-state index is 12.2. The number of rotatable bonds is 8. The molecule has 1 unspecified atom stereocenters. The number of imidazole rings is 1. The first-order valence-corrected chi connectivity index (χ1v) is 10.8. The molecular weight excluding hydrogens is 406 g/mol. The molecule has 1 saturated heterocycles. The van der Waals surface area contributed by atoms with Crippen LogP contribution in [-0.4, -0.2) is 51.6 Å². The molecule has 32 heavy (non-hydrogen) atoms. The average Bonchev–Trinajstić information content (AvgIpc) is 3.43. The van der Waals surface area contributed by atoms with Crippen LogP contribution in [0, 0.1) is 0 Å². The molecule has 1 aliphatic heterocycles. The molecule has 0 aliphatic carbocycles. The summed E-state index contributed by atoms with van der Waals surface area (Å²) in [5.74, 6) is 1.99. The summed E-state index contributed by atoms with van der Waals surface area (Å²) in [5, 5.41) is 6.89. The third-order valence-electron chi connectivity index (χ3n) is 5.36. The van der Waals surface area contributed by atoms with Gasteiger partial charge in [0.05, 0.1) is 12.6 Å². The van der Waals surface area contributed by atoms with Crippen LogP contribution in [0.2, 0.25) is 0 Å². The minimum absolute atomic E-state index is 0.147. The summed E-state index contributed by atoms with van der Waals surface area (Å²) in [6, 6.07) is 18.5. The molecule has 1 atom stereocenters. The quantitative estimate of drug-likeness (QED) is 0.540. The number of benzene rings is 2. The van der Waals surface area contributed by atoms with Crippen molar-refractivity contribution in [2.45, 2.75) is 32.2 Å². The van der Waals surface area contributed by atoms with Crippen LogP contribution in [0.4, 0.5) is 0 Å². The lowest BCUT2D eigenvalue weighted by Crippen LogP contribution is -2.26. The van der Waals surface area contributed by atoms with Gasteiger partial charge in [-0.1, -0.05) is 37.3 Å². The van der Waals surface area contributed by atoms with Crippen LogP contribution in [-0.2, 0) is 16.0 Å². The molecular formula is C25H29N3O4. The van der Waals surface area contributed by atoms with E-state index >= 15 is 0 Å². The Hall–Kier alpha value is -3.61.